The molecule has 0 saturated carbocycles. The van der Waals surface area contributed by atoms with Crippen molar-refractivity contribution in [3.05, 3.63) is 29.6 Å². The van der Waals surface area contributed by atoms with Gasteiger partial charge in [0.2, 0.25) is 0 Å². The smallest absolute Gasteiger partial charge is 0.173 e. The molecule has 0 aromatic heterocycles. The van der Waals surface area contributed by atoms with E-state index in [0.717, 1.165) is 39.0 Å². The zero-order valence-electron chi connectivity index (χ0n) is 16.8. The predicted octanol–water partition coefficient (Wildman–Crippen LogP) is 3.57. The Morgan fingerprint density at radius 3 is 2.46 bits per heavy atom. The highest BCUT2D eigenvalue weighted by Gasteiger charge is 2.27. The Morgan fingerprint density at radius 1 is 1.27 bits per heavy atom. The highest BCUT2D eigenvalue weighted by Crippen LogP contribution is 2.20. The second kappa shape index (κ2) is 9.62. The summed E-state index contributed by atoms with van der Waals surface area (Å²) in [6, 6.07) is 6.21. The lowest BCUT2D eigenvalue weighted by atomic mass is 10.0. The first-order chi connectivity index (χ1) is 12.3. The van der Waals surface area contributed by atoms with Crippen LogP contribution >= 0.6 is 12.2 Å². The van der Waals surface area contributed by atoms with Gasteiger partial charge in [0.05, 0.1) is 0 Å². The normalized spacial score (nSPS) is 16.3. The molecular formula is C20H33FN4S. The van der Waals surface area contributed by atoms with E-state index in [9.17, 15) is 4.39 Å². The number of aryl methyl sites for hydroxylation is 1. The van der Waals surface area contributed by atoms with Crippen molar-refractivity contribution in [2.75, 3.05) is 45.6 Å². The van der Waals surface area contributed by atoms with Crippen molar-refractivity contribution < 1.29 is 4.39 Å². The molecule has 1 aliphatic rings. The van der Waals surface area contributed by atoms with Gasteiger partial charge < -0.3 is 20.0 Å². The van der Waals surface area contributed by atoms with Crippen LogP contribution in [0.25, 0.3) is 0 Å². The molecule has 0 aliphatic carbocycles. The van der Waals surface area contributed by atoms with Crippen LogP contribution in [0.5, 0.6) is 0 Å². The predicted molar refractivity (Wildman–Crippen MR) is 112 cm³/mol. The lowest BCUT2D eigenvalue weighted by molar-refractivity contribution is 0.125. The standard InChI is InChI=1S/C20H33FN4S/c1-15(2)24-10-8-18(9-11-24)25(13-12-23(4)5)20(26)22-17-7-6-16(3)19(21)14-17/h6-7,14-15,18H,8-13H2,1-5H3,(H,22,26). The number of nitrogens with zero attached hydrogens (tertiary/aromatic N) is 3. The maximum absolute atomic E-state index is 13.8. The van der Waals surface area contributed by atoms with Crippen LogP contribution in [-0.4, -0.2) is 72.2 Å². The number of hydrogen-bond donors (Lipinski definition) is 1. The number of hydrogen-bond acceptors (Lipinski definition) is 3. The van der Waals surface area contributed by atoms with Gasteiger partial charge in [0.25, 0.3) is 0 Å². The molecule has 4 nitrogen and oxygen atoms in total. The summed E-state index contributed by atoms with van der Waals surface area (Å²) < 4.78 is 13.8. The molecule has 0 atom stereocenters. The lowest BCUT2D eigenvalue weighted by Crippen LogP contribution is -2.51. The Labute approximate surface area is 163 Å². The molecular weight excluding hydrogens is 347 g/mol. The molecule has 0 amide bonds. The van der Waals surface area contributed by atoms with Crippen LogP contribution < -0.4 is 5.32 Å². The summed E-state index contributed by atoms with van der Waals surface area (Å²) in [5.74, 6) is -0.206. The first-order valence-electron chi connectivity index (χ1n) is 9.50. The molecule has 1 N–H and O–H groups in total. The minimum Gasteiger partial charge on any atom is -0.345 e. The first kappa shape index (κ1) is 21.1. The van der Waals surface area contributed by atoms with Crippen molar-refractivity contribution in [1.29, 1.82) is 0 Å². The summed E-state index contributed by atoms with van der Waals surface area (Å²) in [5, 5.41) is 3.94. The summed E-state index contributed by atoms with van der Waals surface area (Å²) >= 11 is 5.71. The monoisotopic (exact) mass is 380 g/mol. The molecule has 2 rings (SSSR count). The molecule has 1 saturated heterocycles. The number of benzene rings is 1. The van der Waals surface area contributed by atoms with Gasteiger partial charge >= 0.3 is 0 Å². The van der Waals surface area contributed by atoms with Crippen LogP contribution in [0.15, 0.2) is 18.2 Å². The summed E-state index contributed by atoms with van der Waals surface area (Å²) in [5.41, 5.74) is 1.36. The van der Waals surface area contributed by atoms with Crippen LogP contribution in [0, 0.1) is 12.7 Å². The minimum atomic E-state index is -0.206. The number of halogens is 1. The van der Waals surface area contributed by atoms with E-state index in [4.69, 9.17) is 12.2 Å². The molecule has 146 valence electrons. The number of likely N-dealkylation sites (N-methyl/N-ethyl adjacent to an activating group) is 1. The van der Waals surface area contributed by atoms with Gasteiger partial charge in [-0.1, -0.05) is 6.07 Å². The number of piperidine rings is 1. The lowest BCUT2D eigenvalue weighted by Gasteiger charge is -2.41. The molecule has 1 aliphatic heterocycles. The van der Waals surface area contributed by atoms with Crippen molar-refractivity contribution in [1.82, 2.24) is 14.7 Å². The molecule has 1 fully saturated rings. The minimum absolute atomic E-state index is 0.206. The van der Waals surface area contributed by atoms with E-state index in [0.29, 0.717) is 28.4 Å². The number of nitrogens with one attached hydrogen (secondary N) is 1. The number of thiocarbonyl (C=S) groups is 1. The van der Waals surface area contributed by atoms with Crippen LogP contribution in [0.3, 0.4) is 0 Å². The van der Waals surface area contributed by atoms with Gasteiger partial charge in [-0.2, -0.15) is 0 Å². The average Bonchev–Trinajstić information content (AvgIpc) is 2.58. The van der Waals surface area contributed by atoms with Gasteiger partial charge in [-0.3, -0.25) is 0 Å². The Hall–Kier alpha value is -1.24. The zero-order valence-corrected chi connectivity index (χ0v) is 17.6. The van der Waals surface area contributed by atoms with E-state index in [1.54, 1.807) is 13.0 Å². The van der Waals surface area contributed by atoms with Crippen LogP contribution in [0.1, 0.15) is 32.3 Å². The Balaban J connectivity index is 2.05. The van der Waals surface area contributed by atoms with E-state index in [-0.39, 0.29) is 5.82 Å². The Bertz CT molecular complexity index is 597. The van der Waals surface area contributed by atoms with Gasteiger partial charge in [-0.25, -0.2) is 4.39 Å². The van der Waals surface area contributed by atoms with Gasteiger partial charge in [0, 0.05) is 44.0 Å². The molecule has 1 aromatic rings. The number of anilines is 1. The highest BCUT2D eigenvalue weighted by atomic mass is 32.1. The summed E-state index contributed by atoms with van der Waals surface area (Å²) in [4.78, 5) is 6.99. The number of rotatable bonds is 6. The summed E-state index contributed by atoms with van der Waals surface area (Å²) in [6.45, 7) is 10.3. The molecule has 1 heterocycles. The van der Waals surface area contributed by atoms with Crippen molar-refractivity contribution >= 4 is 23.0 Å². The zero-order chi connectivity index (χ0) is 19.3. The van der Waals surface area contributed by atoms with E-state index in [1.165, 1.54) is 6.07 Å². The fourth-order valence-electron chi connectivity index (χ4n) is 3.34. The Morgan fingerprint density at radius 2 is 1.92 bits per heavy atom. The molecule has 0 unspecified atom stereocenters. The van der Waals surface area contributed by atoms with Gasteiger partial charge in [0.15, 0.2) is 5.11 Å². The van der Waals surface area contributed by atoms with Crippen LogP contribution in [-0.2, 0) is 0 Å². The average molecular weight is 381 g/mol. The molecule has 1 aromatic carbocycles. The third-order valence-electron chi connectivity index (χ3n) is 5.14. The number of likely N-dealkylation sites (tertiary alicyclic amines) is 1. The third-order valence-corrected chi connectivity index (χ3v) is 5.48. The van der Waals surface area contributed by atoms with E-state index in [2.05, 4.69) is 48.0 Å². The summed E-state index contributed by atoms with van der Waals surface area (Å²) in [6.07, 6.45) is 2.21. The second-order valence-electron chi connectivity index (χ2n) is 7.75. The summed E-state index contributed by atoms with van der Waals surface area (Å²) in [7, 11) is 4.15. The van der Waals surface area contributed by atoms with Gasteiger partial charge in [-0.15, -0.1) is 0 Å². The van der Waals surface area contributed by atoms with E-state index in [1.807, 2.05) is 6.07 Å². The van der Waals surface area contributed by atoms with Crippen molar-refractivity contribution in [3.63, 3.8) is 0 Å². The van der Waals surface area contributed by atoms with Crippen molar-refractivity contribution in [3.8, 4) is 0 Å². The fraction of sp³-hybridized carbons (Fsp3) is 0.650. The molecule has 0 spiro atoms. The topological polar surface area (TPSA) is 21.8 Å². The van der Waals surface area contributed by atoms with E-state index >= 15 is 0 Å². The molecule has 6 heteroatoms. The first-order valence-corrected chi connectivity index (χ1v) is 9.91. The van der Waals surface area contributed by atoms with Crippen LogP contribution in [0.4, 0.5) is 10.1 Å². The quantitative estimate of drug-likeness (QED) is 0.760. The molecule has 0 bridgehead atoms. The van der Waals surface area contributed by atoms with Crippen LogP contribution in [0.2, 0.25) is 0 Å². The molecule has 0 radical (unpaired) electrons. The van der Waals surface area contributed by atoms with Gasteiger partial charge in [-0.05, 0) is 77.6 Å². The maximum atomic E-state index is 13.8. The van der Waals surface area contributed by atoms with Crippen molar-refractivity contribution in [2.45, 2.75) is 45.7 Å². The van der Waals surface area contributed by atoms with E-state index < -0.39 is 0 Å². The maximum Gasteiger partial charge on any atom is 0.173 e. The largest absolute Gasteiger partial charge is 0.345 e. The fourth-order valence-corrected chi connectivity index (χ4v) is 3.70. The Kier molecular flexibility index (Phi) is 7.80. The molecule has 26 heavy (non-hydrogen) atoms. The second-order valence-corrected chi connectivity index (χ2v) is 8.14. The van der Waals surface area contributed by atoms with Gasteiger partial charge in [0.1, 0.15) is 5.82 Å². The highest BCUT2D eigenvalue weighted by molar-refractivity contribution is 7.80. The SMILES string of the molecule is Cc1ccc(NC(=S)N(CCN(C)C)C2CCN(C(C)C)CC2)cc1F. The third kappa shape index (κ3) is 5.89. The van der Waals surface area contributed by atoms with Crippen molar-refractivity contribution in [2.24, 2.45) is 0 Å².